The number of thiazole rings is 1. The summed E-state index contributed by atoms with van der Waals surface area (Å²) in [5.41, 5.74) is 4.60. The molecule has 5 nitrogen and oxygen atoms in total. The fourth-order valence-electron chi connectivity index (χ4n) is 2.00. The molecule has 0 atom stereocenters. The van der Waals surface area contributed by atoms with E-state index in [0.717, 1.165) is 11.3 Å². The van der Waals surface area contributed by atoms with Gasteiger partial charge in [-0.2, -0.15) is 0 Å². The van der Waals surface area contributed by atoms with Crippen LogP contribution in [0.1, 0.15) is 27.4 Å². The van der Waals surface area contributed by atoms with Crippen LogP contribution in [0.5, 0.6) is 0 Å². The largest absolute Gasteiger partial charge is 0.361 e. The van der Waals surface area contributed by atoms with E-state index in [9.17, 15) is 4.79 Å². The molecule has 0 spiro atoms. The number of benzene rings is 1. The van der Waals surface area contributed by atoms with Gasteiger partial charge in [-0.1, -0.05) is 17.3 Å². The number of nitrogens with one attached hydrogen (secondary N) is 1. The molecule has 2 heterocycles. The molecule has 6 heteroatoms. The average molecular weight is 313 g/mol. The number of carbonyl (C=O) groups is 1. The SMILES string of the molecule is Cc1cc(C(=O)Nc2nc(-c3ccc(C)c(C)c3)cs2)no1. The Bertz CT molecular complexity index is 836. The maximum absolute atomic E-state index is 12.0. The molecule has 1 aromatic carbocycles. The smallest absolute Gasteiger partial charge is 0.279 e. The van der Waals surface area contributed by atoms with Gasteiger partial charge in [0.05, 0.1) is 5.69 Å². The highest BCUT2D eigenvalue weighted by Gasteiger charge is 2.13. The zero-order valence-corrected chi connectivity index (χ0v) is 13.3. The Morgan fingerprint density at radius 1 is 1.18 bits per heavy atom. The van der Waals surface area contributed by atoms with Gasteiger partial charge in [-0.05, 0) is 38.0 Å². The van der Waals surface area contributed by atoms with Gasteiger partial charge in [-0.25, -0.2) is 4.98 Å². The fourth-order valence-corrected chi connectivity index (χ4v) is 2.71. The highest BCUT2D eigenvalue weighted by atomic mass is 32.1. The van der Waals surface area contributed by atoms with Crippen LogP contribution in [0.4, 0.5) is 5.13 Å². The van der Waals surface area contributed by atoms with E-state index in [0.29, 0.717) is 10.9 Å². The van der Waals surface area contributed by atoms with Gasteiger partial charge in [0.15, 0.2) is 10.8 Å². The van der Waals surface area contributed by atoms with E-state index < -0.39 is 0 Å². The van der Waals surface area contributed by atoms with E-state index in [4.69, 9.17) is 4.52 Å². The number of carbonyl (C=O) groups excluding carboxylic acids is 1. The molecule has 0 fully saturated rings. The second-order valence-electron chi connectivity index (χ2n) is 5.11. The van der Waals surface area contributed by atoms with E-state index in [1.165, 1.54) is 22.5 Å². The van der Waals surface area contributed by atoms with Gasteiger partial charge < -0.3 is 4.52 Å². The van der Waals surface area contributed by atoms with Crippen molar-refractivity contribution in [1.29, 1.82) is 0 Å². The standard InChI is InChI=1S/C16H15N3O2S/c1-9-4-5-12(6-10(9)2)14-8-22-16(17-14)18-15(20)13-7-11(3)21-19-13/h4-8H,1-3H3,(H,17,18,20). The van der Waals surface area contributed by atoms with Crippen molar-refractivity contribution >= 4 is 22.4 Å². The first-order chi connectivity index (χ1) is 10.5. The van der Waals surface area contributed by atoms with Crippen LogP contribution in [0, 0.1) is 20.8 Å². The van der Waals surface area contributed by atoms with Gasteiger partial charge in [-0.3, -0.25) is 10.1 Å². The van der Waals surface area contributed by atoms with E-state index in [2.05, 4.69) is 41.4 Å². The Kier molecular flexibility index (Phi) is 3.77. The maximum Gasteiger partial charge on any atom is 0.279 e. The number of rotatable bonds is 3. The molecule has 0 saturated carbocycles. The lowest BCUT2D eigenvalue weighted by atomic mass is 10.1. The lowest BCUT2D eigenvalue weighted by molar-refractivity contribution is 0.101. The molecule has 0 unspecified atom stereocenters. The number of hydrogen-bond donors (Lipinski definition) is 1. The van der Waals surface area contributed by atoms with Crippen molar-refractivity contribution in [3.8, 4) is 11.3 Å². The van der Waals surface area contributed by atoms with E-state index in [1.54, 1.807) is 13.0 Å². The number of amides is 1. The van der Waals surface area contributed by atoms with Crippen LogP contribution in [-0.2, 0) is 0 Å². The molecule has 0 saturated heterocycles. The fraction of sp³-hybridized carbons (Fsp3) is 0.188. The number of hydrogen-bond acceptors (Lipinski definition) is 5. The Morgan fingerprint density at radius 3 is 2.68 bits per heavy atom. The lowest BCUT2D eigenvalue weighted by Crippen LogP contribution is -2.11. The molecule has 1 N–H and O–H groups in total. The van der Waals surface area contributed by atoms with Crippen molar-refractivity contribution in [2.24, 2.45) is 0 Å². The maximum atomic E-state index is 12.0. The zero-order chi connectivity index (χ0) is 15.7. The Labute approximate surface area is 132 Å². The van der Waals surface area contributed by atoms with Crippen LogP contribution in [0.3, 0.4) is 0 Å². The quantitative estimate of drug-likeness (QED) is 0.794. The van der Waals surface area contributed by atoms with Crippen molar-refractivity contribution in [3.63, 3.8) is 0 Å². The first-order valence-corrected chi connectivity index (χ1v) is 7.69. The van der Waals surface area contributed by atoms with Gasteiger partial charge in [-0.15, -0.1) is 11.3 Å². The molecule has 0 radical (unpaired) electrons. The van der Waals surface area contributed by atoms with Gasteiger partial charge in [0.25, 0.3) is 5.91 Å². The van der Waals surface area contributed by atoms with Crippen molar-refractivity contribution in [1.82, 2.24) is 10.1 Å². The number of nitrogens with zero attached hydrogens (tertiary/aromatic N) is 2. The summed E-state index contributed by atoms with van der Waals surface area (Å²) < 4.78 is 4.89. The highest BCUT2D eigenvalue weighted by molar-refractivity contribution is 7.14. The Balaban J connectivity index is 1.78. The molecule has 0 aliphatic rings. The summed E-state index contributed by atoms with van der Waals surface area (Å²) in [7, 11) is 0. The Hall–Kier alpha value is -2.47. The van der Waals surface area contributed by atoms with E-state index in [1.807, 2.05) is 11.4 Å². The summed E-state index contributed by atoms with van der Waals surface area (Å²) in [5, 5.41) is 8.89. The van der Waals surface area contributed by atoms with Crippen LogP contribution in [0.2, 0.25) is 0 Å². The predicted molar refractivity (Wildman–Crippen MR) is 86.2 cm³/mol. The van der Waals surface area contributed by atoms with Crippen molar-refractivity contribution in [2.45, 2.75) is 20.8 Å². The van der Waals surface area contributed by atoms with Gasteiger partial charge in [0, 0.05) is 17.0 Å². The predicted octanol–water partition coefficient (Wildman–Crippen LogP) is 3.98. The molecule has 1 amide bonds. The van der Waals surface area contributed by atoms with Crippen molar-refractivity contribution in [2.75, 3.05) is 5.32 Å². The monoisotopic (exact) mass is 313 g/mol. The third-order valence-electron chi connectivity index (χ3n) is 3.39. The lowest BCUT2D eigenvalue weighted by Gasteiger charge is -2.02. The number of aryl methyl sites for hydroxylation is 3. The molecule has 22 heavy (non-hydrogen) atoms. The van der Waals surface area contributed by atoms with Crippen LogP contribution in [-0.4, -0.2) is 16.0 Å². The summed E-state index contributed by atoms with van der Waals surface area (Å²) in [5.74, 6) is 0.276. The molecular formula is C16H15N3O2S. The number of anilines is 1. The summed E-state index contributed by atoms with van der Waals surface area (Å²) in [6.07, 6.45) is 0. The molecule has 112 valence electrons. The Morgan fingerprint density at radius 2 is 2.00 bits per heavy atom. The summed E-state index contributed by atoms with van der Waals surface area (Å²) >= 11 is 1.38. The van der Waals surface area contributed by atoms with E-state index in [-0.39, 0.29) is 11.6 Å². The minimum Gasteiger partial charge on any atom is -0.361 e. The molecule has 3 aromatic rings. The van der Waals surface area contributed by atoms with Crippen LogP contribution >= 0.6 is 11.3 Å². The van der Waals surface area contributed by atoms with E-state index >= 15 is 0 Å². The molecular weight excluding hydrogens is 298 g/mol. The molecule has 2 aromatic heterocycles. The first kappa shape index (κ1) is 14.5. The molecule has 3 rings (SSSR count). The number of aromatic nitrogens is 2. The summed E-state index contributed by atoms with van der Waals surface area (Å²) in [6, 6.07) is 7.79. The minimum atomic E-state index is -0.321. The average Bonchev–Trinajstić information content (AvgIpc) is 3.11. The normalized spacial score (nSPS) is 10.7. The topological polar surface area (TPSA) is 68.0 Å². The van der Waals surface area contributed by atoms with Gasteiger partial charge >= 0.3 is 0 Å². The van der Waals surface area contributed by atoms with Gasteiger partial charge in [0.2, 0.25) is 0 Å². The first-order valence-electron chi connectivity index (χ1n) is 6.81. The van der Waals surface area contributed by atoms with Gasteiger partial charge in [0.1, 0.15) is 5.76 Å². The van der Waals surface area contributed by atoms with Crippen LogP contribution in [0.25, 0.3) is 11.3 Å². The highest BCUT2D eigenvalue weighted by Crippen LogP contribution is 2.26. The minimum absolute atomic E-state index is 0.250. The van der Waals surface area contributed by atoms with Crippen molar-refractivity contribution in [3.05, 3.63) is 52.2 Å². The summed E-state index contributed by atoms with van der Waals surface area (Å²) in [4.78, 5) is 16.5. The third kappa shape index (κ3) is 2.92. The molecule has 0 aliphatic carbocycles. The summed E-state index contributed by atoms with van der Waals surface area (Å²) in [6.45, 7) is 5.89. The molecule has 0 aliphatic heterocycles. The second-order valence-corrected chi connectivity index (χ2v) is 5.97. The molecule has 0 bridgehead atoms. The third-order valence-corrected chi connectivity index (χ3v) is 4.15. The second kappa shape index (κ2) is 5.73. The van der Waals surface area contributed by atoms with Crippen LogP contribution in [0.15, 0.2) is 34.2 Å². The van der Waals surface area contributed by atoms with Crippen molar-refractivity contribution < 1.29 is 9.32 Å². The zero-order valence-electron chi connectivity index (χ0n) is 12.5. The van der Waals surface area contributed by atoms with Crippen LogP contribution < -0.4 is 5.32 Å².